The Hall–Kier alpha value is -3.55. The van der Waals surface area contributed by atoms with E-state index >= 15 is 0 Å². The minimum atomic E-state index is -0.531. The van der Waals surface area contributed by atoms with Gasteiger partial charge in [0.1, 0.15) is 5.82 Å². The van der Waals surface area contributed by atoms with E-state index in [1.54, 1.807) is 6.92 Å². The number of carbonyl (C=O) groups is 1. The van der Waals surface area contributed by atoms with Gasteiger partial charge in [-0.2, -0.15) is 0 Å². The molecule has 35 heavy (non-hydrogen) atoms. The summed E-state index contributed by atoms with van der Waals surface area (Å²) < 4.78 is 0. The fraction of sp³-hybridized carbons (Fsp3) is 0.321. The van der Waals surface area contributed by atoms with Gasteiger partial charge in [-0.25, -0.2) is 4.98 Å². The molecular weight excluding hydrogens is 436 g/mol. The zero-order chi connectivity index (χ0) is 24.2. The van der Waals surface area contributed by atoms with E-state index in [0.717, 1.165) is 53.9 Å². The molecule has 0 aliphatic heterocycles. The molecule has 0 saturated carbocycles. The fourth-order valence-electron chi connectivity index (χ4n) is 4.94. The number of rotatable bonds is 8. The number of imidazole rings is 1. The number of hydrogen-bond acceptors (Lipinski definition) is 5. The van der Waals surface area contributed by atoms with Gasteiger partial charge in [-0.05, 0) is 61.1 Å². The lowest BCUT2D eigenvalue weighted by Crippen LogP contribution is -2.38. The van der Waals surface area contributed by atoms with Crippen LogP contribution in [0.25, 0.3) is 11.0 Å². The number of nitrogens with zero attached hydrogens (tertiary/aromatic N) is 3. The molecule has 0 fully saturated rings. The minimum Gasteiger partial charge on any atom is -0.351 e. The molecular formula is C28H32N6O. The molecule has 1 aliphatic rings. The van der Waals surface area contributed by atoms with E-state index in [1.807, 2.05) is 36.5 Å². The van der Waals surface area contributed by atoms with Gasteiger partial charge in [0.25, 0.3) is 0 Å². The van der Waals surface area contributed by atoms with Gasteiger partial charge in [0, 0.05) is 19.3 Å². The third-order valence-electron chi connectivity index (χ3n) is 6.76. The average molecular weight is 469 g/mol. The molecule has 1 aliphatic carbocycles. The molecule has 4 aromatic rings. The largest absolute Gasteiger partial charge is 0.351 e. The van der Waals surface area contributed by atoms with E-state index < -0.39 is 6.04 Å². The van der Waals surface area contributed by atoms with Crippen molar-refractivity contribution in [2.45, 2.75) is 57.9 Å². The predicted octanol–water partition coefficient (Wildman–Crippen LogP) is 4.00. The predicted molar refractivity (Wildman–Crippen MR) is 137 cm³/mol. The topological polar surface area (TPSA) is 99.9 Å². The van der Waals surface area contributed by atoms with Crippen LogP contribution >= 0.6 is 0 Å². The lowest BCUT2D eigenvalue weighted by Gasteiger charge is -2.35. The number of H-pyrrole nitrogens is 1. The van der Waals surface area contributed by atoms with Crippen molar-refractivity contribution in [2.75, 3.05) is 0 Å². The molecule has 5 rings (SSSR count). The number of para-hydroxylation sites is 2. The summed E-state index contributed by atoms with van der Waals surface area (Å²) >= 11 is 0. The number of pyridine rings is 1. The maximum Gasteiger partial charge on any atom is 0.236 e. The average Bonchev–Trinajstić information content (AvgIpc) is 3.29. The summed E-state index contributed by atoms with van der Waals surface area (Å²) in [5.41, 5.74) is 12.5. The van der Waals surface area contributed by atoms with Gasteiger partial charge in [0.15, 0.2) is 0 Å². The van der Waals surface area contributed by atoms with Crippen LogP contribution in [-0.2, 0) is 30.8 Å². The highest BCUT2D eigenvalue weighted by atomic mass is 16.2. The van der Waals surface area contributed by atoms with Crippen molar-refractivity contribution in [1.82, 2.24) is 25.2 Å². The smallest absolute Gasteiger partial charge is 0.236 e. The van der Waals surface area contributed by atoms with Crippen molar-refractivity contribution in [3.63, 3.8) is 0 Å². The van der Waals surface area contributed by atoms with Crippen LogP contribution in [0, 0.1) is 0 Å². The van der Waals surface area contributed by atoms with Crippen LogP contribution in [0.2, 0.25) is 0 Å². The molecule has 0 spiro atoms. The van der Waals surface area contributed by atoms with Crippen LogP contribution in [0.3, 0.4) is 0 Å². The van der Waals surface area contributed by atoms with Gasteiger partial charge < -0.3 is 16.0 Å². The Morgan fingerprint density at radius 1 is 1.11 bits per heavy atom. The van der Waals surface area contributed by atoms with E-state index in [2.05, 4.69) is 45.5 Å². The lowest BCUT2D eigenvalue weighted by molar-refractivity contribution is -0.122. The highest BCUT2D eigenvalue weighted by Gasteiger charge is 2.28. The number of nitrogens with two attached hydrogens (primary N) is 1. The fourth-order valence-corrected chi connectivity index (χ4v) is 4.94. The third-order valence-corrected chi connectivity index (χ3v) is 6.76. The van der Waals surface area contributed by atoms with Gasteiger partial charge in [0.05, 0.1) is 35.4 Å². The molecule has 0 bridgehead atoms. The maximum atomic E-state index is 12.1. The number of aromatic nitrogens is 3. The maximum absolute atomic E-state index is 12.1. The molecule has 2 aromatic carbocycles. The first kappa shape index (κ1) is 23.2. The van der Waals surface area contributed by atoms with Gasteiger partial charge in [-0.1, -0.05) is 42.5 Å². The lowest BCUT2D eigenvalue weighted by atomic mass is 9.90. The first-order chi connectivity index (χ1) is 17.1. The number of benzene rings is 2. The summed E-state index contributed by atoms with van der Waals surface area (Å²) in [7, 11) is 0. The van der Waals surface area contributed by atoms with Gasteiger partial charge >= 0.3 is 0 Å². The summed E-state index contributed by atoms with van der Waals surface area (Å²) in [5, 5.41) is 2.96. The van der Waals surface area contributed by atoms with Gasteiger partial charge in [0.2, 0.25) is 5.91 Å². The Morgan fingerprint density at radius 3 is 2.74 bits per heavy atom. The van der Waals surface area contributed by atoms with Crippen molar-refractivity contribution in [2.24, 2.45) is 5.73 Å². The Morgan fingerprint density at radius 2 is 1.91 bits per heavy atom. The Kier molecular flexibility index (Phi) is 6.88. The van der Waals surface area contributed by atoms with Crippen LogP contribution in [0.15, 0.2) is 66.9 Å². The van der Waals surface area contributed by atoms with Crippen LogP contribution < -0.4 is 11.1 Å². The SMILES string of the molecule is C[C@@H](N)C(=O)NCc1ccccc1CN(Cc1nc2ccccc2[nH]1)C1CCCc2cccnc21. The van der Waals surface area contributed by atoms with Crippen LogP contribution in [-0.4, -0.2) is 31.8 Å². The van der Waals surface area contributed by atoms with E-state index in [1.165, 1.54) is 11.1 Å². The molecule has 2 aromatic heterocycles. The second kappa shape index (κ2) is 10.4. The van der Waals surface area contributed by atoms with Crippen molar-refractivity contribution in [1.29, 1.82) is 0 Å². The first-order valence-electron chi connectivity index (χ1n) is 12.3. The van der Waals surface area contributed by atoms with E-state index in [0.29, 0.717) is 13.1 Å². The zero-order valence-electron chi connectivity index (χ0n) is 20.1. The molecule has 0 radical (unpaired) electrons. The number of aryl methyl sites for hydroxylation is 1. The van der Waals surface area contributed by atoms with Crippen LogP contribution in [0.1, 0.15) is 54.0 Å². The second-order valence-electron chi connectivity index (χ2n) is 9.34. The molecule has 180 valence electrons. The molecule has 0 saturated heterocycles. The first-order valence-corrected chi connectivity index (χ1v) is 12.3. The van der Waals surface area contributed by atoms with Crippen molar-refractivity contribution in [3.8, 4) is 0 Å². The van der Waals surface area contributed by atoms with Crippen molar-refractivity contribution in [3.05, 3.63) is 95.1 Å². The monoisotopic (exact) mass is 468 g/mol. The molecule has 2 heterocycles. The number of fused-ring (bicyclic) bond motifs is 2. The van der Waals surface area contributed by atoms with E-state index in [4.69, 9.17) is 15.7 Å². The molecule has 1 unspecified atom stereocenters. The van der Waals surface area contributed by atoms with Crippen molar-refractivity contribution >= 4 is 16.9 Å². The molecule has 4 N–H and O–H groups in total. The number of nitrogens with one attached hydrogen (secondary N) is 2. The number of carbonyl (C=O) groups excluding carboxylic acids is 1. The highest BCUT2D eigenvalue weighted by Crippen LogP contribution is 2.35. The minimum absolute atomic E-state index is 0.149. The third kappa shape index (κ3) is 5.26. The molecule has 7 nitrogen and oxygen atoms in total. The zero-order valence-corrected chi connectivity index (χ0v) is 20.1. The van der Waals surface area contributed by atoms with Crippen LogP contribution in [0.4, 0.5) is 0 Å². The summed E-state index contributed by atoms with van der Waals surface area (Å²) in [5.74, 6) is 0.793. The second-order valence-corrected chi connectivity index (χ2v) is 9.34. The van der Waals surface area contributed by atoms with E-state index in [-0.39, 0.29) is 11.9 Å². The van der Waals surface area contributed by atoms with Gasteiger partial charge in [-0.3, -0.25) is 14.7 Å². The highest BCUT2D eigenvalue weighted by molar-refractivity contribution is 5.81. The summed E-state index contributed by atoms with van der Waals surface area (Å²) in [6, 6.07) is 20.3. The Balaban J connectivity index is 1.46. The van der Waals surface area contributed by atoms with E-state index in [9.17, 15) is 4.79 Å². The Labute approximate surface area is 205 Å². The van der Waals surface area contributed by atoms with Crippen LogP contribution in [0.5, 0.6) is 0 Å². The van der Waals surface area contributed by atoms with Crippen molar-refractivity contribution < 1.29 is 4.79 Å². The number of hydrogen-bond donors (Lipinski definition) is 3. The molecule has 7 heteroatoms. The standard InChI is InChI=1S/C28H32N6O/c1-19(29)28(35)31-16-21-8-2-3-9-22(21)17-34(18-26-32-23-12-4-5-13-24(23)33-26)25-14-6-10-20-11-7-15-30-27(20)25/h2-5,7-9,11-13,15,19,25H,6,10,14,16-18,29H2,1H3,(H,31,35)(H,32,33)/t19-,25?/m1/s1. The number of aromatic amines is 1. The molecule has 1 amide bonds. The summed E-state index contributed by atoms with van der Waals surface area (Å²) in [4.78, 5) is 27.7. The number of amides is 1. The summed E-state index contributed by atoms with van der Waals surface area (Å²) in [6.45, 7) is 3.55. The summed E-state index contributed by atoms with van der Waals surface area (Å²) in [6.07, 6.45) is 5.14. The normalized spacial score (nSPS) is 16.3. The molecule has 2 atom stereocenters. The van der Waals surface area contributed by atoms with Gasteiger partial charge in [-0.15, -0.1) is 0 Å². The Bertz CT molecular complexity index is 1280. The quantitative estimate of drug-likeness (QED) is 0.363.